The predicted molar refractivity (Wildman–Crippen MR) is 96.3 cm³/mol. The van der Waals surface area contributed by atoms with Gasteiger partial charge in [0.25, 0.3) is 0 Å². The SMILES string of the molecule is O=C(Cc1ccc(O)c(-n2nc3ccccc3n2)c1)Oc1ccccc1. The molecule has 1 aromatic heterocycles. The minimum atomic E-state index is -0.383. The lowest BCUT2D eigenvalue weighted by Crippen LogP contribution is -2.11. The minimum Gasteiger partial charge on any atom is -0.506 e. The van der Waals surface area contributed by atoms with Crippen LogP contribution in [-0.4, -0.2) is 26.1 Å². The van der Waals surface area contributed by atoms with Gasteiger partial charge in [0, 0.05) is 0 Å². The molecule has 0 aliphatic heterocycles. The van der Waals surface area contributed by atoms with E-state index in [0.717, 1.165) is 11.0 Å². The maximum Gasteiger partial charge on any atom is 0.315 e. The quantitative estimate of drug-likeness (QED) is 0.454. The Kier molecular flexibility index (Phi) is 4.07. The maximum atomic E-state index is 12.1. The number of aromatic nitrogens is 3. The number of benzene rings is 3. The molecular weight excluding hydrogens is 330 g/mol. The molecule has 0 aliphatic carbocycles. The van der Waals surface area contributed by atoms with Gasteiger partial charge in [0.1, 0.15) is 28.2 Å². The van der Waals surface area contributed by atoms with E-state index >= 15 is 0 Å². The largest absolute Gasteiger partial charge is 0.506 e. The summed E-state index contributed by atoms with van der Waals surface area (Å²) in [6, 6.07) is 21.2. The van der Waals surface area contributed by atoms with E-state index in [2.05, 4.69) is 10.2 Å². The summed E-state index contributed by atoms with van der Waals surface area (Å²) in [5.41, 5.74) is 2.55. The summed E-state index contributed by atoms with van der Waals surface area (Å²) in [7, 11) is 0. The van der Waals surface area contributed by atoms with Gasteiger partial charge in [0.15, 0.2) is 0 Å². The zero-order valence-corrected chi connectivity index (χ0v) is 13.7. The lowest BCUT2D eigenvalue weighted by Gasteiger charge is -2.07. The van der Waals surface area contributed by atoms with Gasteiger partial charge < -0.3 is 9.84 Å². The molecule has 0 saturated heterocycles. The number of esters is 1. The van der Waals surface area contributed by atoms with Gasteiger partial charge in [0.2, 0.25) is 0 Å². The minimum absolute atomic E-state index is 0.0329. The van der Waals surface area contributed by atoms with Crippen molar-refractivity contribution in [3.63, 3.8) is 0 Å². The van der Waals surface area contributed by atoms with Crippen molar-refractivity contribution < 1.29 is 14.6 Å². The van der Waals surface area contributed by atoms with E-state index in [1.165, 1.54) is 10.9 Å². The molecule has 1 N–H and O–H groups in total. The number of phenolic OH excluding ortho intramolecular Hbond substituents is 1. The summed E-state index contributed by atoms with van der Waals surface area (Å²) in [5, 5.41) is 18.9. The van der Waals surface area contributed by atoms with Gasteiger partial charge in [-0.2, -0.15) is 0 Å². The van der Waals surface area contributed by atoms with Crippen molar-refractivity contribution >= 4 is 17.0 Å². The van der Waals surface area contributed by atoms with Crippen molar-refractivity contribution in [3.05, 3.63) is 78.4 Å². The number of aromatic hydroxyl groups is 1. The number of hydrogen-bond acceptors (Lipinski definition) is 5. The molecule has 0 atom stereocenters. The number of nitrogens with zero attached hydrogens (tertiary/aromatic N) is 3. The highest BCUT2D eigenvalue weighted by Gasteiger charge is 2.12. The van der Waals surface area contributed by atoms with Gasteiger partial charge in [-0.05, 0) is 42.0 Å². The van der Waals surface area contributed by atoms with Gasteiger partial charge in [-0.3, -0.25) is 4.79 Å². The highest BCUT2D eigenvalue weighted by Crippen LogP contribution is 2.23. The van der Waals surface area contributed by atoms with Crippen molar-refractivity contribution in [3.8, 4) is 17.2 Å². The van der Waals surface area contributed by atoms with Gasteiger partial charge in [-0.15, -0.1) is 15.0 Å². The molecule has 1 heterocycles. The Hall–Kier alpha value is -3.67. The lowest BCUT2D eigenvalue weighted by atomic mass is 10.1. The number of hydrogen-bond donors (Lipinski definition) is 1. The van der Waals surface area contributed by atoms with Crippen LogP contribution in [0.3, 0.4) is 0 Å². The first-order valence-corrected chi connectivity index (χ1v) is 8.09. The van der Waals surface area contributed by atoms with Crippen molar-refractivity contribution in [2.75, 3.05) is 0 Å². The van der Waals surface area contributed by atoms with Crippen LogP contribution in [0, 0.1) is 0 Å². The summed E-state index contributed by atoms with van der Waals surface area (Å²) < 4.78 is 5.30. The molecule has 0 spiro atoms. The van der Waals surface area contributed by atoms with E-state index in [4.69, 9.17) is 4.74 Å². The Morgan fingerprint density at radius 3 is 2.27 bits per heavy atom. The van der Waals surface area contributed by atoms with E-state index in [1.807, 2.05) is 30.3 Å². The van der Waals surface area contributed by atoms with Crippen molar-refractivity contribution in [2.24, 2.45) is 0 Å². The molecule has 0 unspecified atom stereocenters. The zero-order valence-electron chi connectivity index (χ0n) is 13.7. The Morgan fingerprint density at radius 1 is 0.923 bits per heavy atom. The van der Waals surface area contributed by atoms with Gasteiger partial charge in [-0.1, -0.05) is 36.4 Å². The molecule has 0 amide bonds. The fourth-order valence-corrected chi connectivity index (χ4v) is 2.63. The summed E-state index contributed by atoms with van der Waals surface area (Å²) in [5.74, 6) is 0.147. The molecule has 3 aromatic carbocycles. The smallest absolute Gasteiger partial charge is 0.315 e. The first kappa shape index (κ1) is 15.8. The van der Waals surface area contributed by atoms with Crippen molar-refractivity contribution in [2.45, 2.75) is 6.42 Å². The molecule has 6 heteroatoms. The second kappa shape index (κ2) is 6.68. The van der Waals surface area contributed by atoms with Crippen LogP contribution in [0.4, 0.5) is 0 Å². The fourth-order valence-electron chi connectivity index (χ4n) is 2.63. The van der Waals surface area contributed by atoms with Crippen LogP contribution in [0.2, 0.25) is 0 Å². The molecule has 4 rings (SSSR count). The number of rotatable bonds is 4. The Labute approximate surface area is 149 Å². The summed E-state index contributed by atoms with van der Waals surface area (Å²) in [6.45, 7) is 0. The number of carbonyl (C=O) groups is 1. The molecular formula is C20H15N3O3. The molecule has 4 aromatic rings. The standard InChI is InChI=1S/C20H15N3O3/c24-19-11-10-14(13-20(25)26-15-6-2-1-3-7-15)12-18(19)23-21-16-8-4-5-9-17(16)22-23/h1-12,24H,13H2. The second-order valence-corrected chi connectivity index (χ2v) is 5.77. The average Bonchev–Trinajstić information content (AvgIpc) is 3.08. The third-order valence-electron chi connectivity index (χ3n) is 3.87. The Bertz CT molecular complexity index is 1040. The summed E-state index contributed by atoms with van der Waals surface area (Å²) >= 11 is 0. The second-order valence-electron chi connectivity index (χ2n) is 5.77. The zero-order chi connectivity index (χ0) is 17.9. The van der Waals surface area contributed by atoms with Crippen LogP contribution in [-0.2, 0) is 11.2 Å². The van der Waals surface area contributed by atoms with Crippen molar-refractivity contribution in [1.82, 2.24) is 15.0 Å². The fraction of sp³-hybridized carbons (Fsp3) is 0.0500. The Balaban J connectivity index is 1.59. The van der Waals surface area contributed by atoms with E-state index < -0.39 is 0 Å². The van der Waals surface area contributed by atoms with Gasteiger partial charge in [-0.25, -0.2) is 0 Å². The monoisotopic (exact) mass is 345 g/mol. The van der Waals surface area contributed by atoms with E-state index in [0.29, 0.717) is 17.0 Å². The molecule has 0 radical (unpaired) electrons. The van der Waals surface area contributed by atoms with Crippen LogP contribution in [0.1, 0.15) is 5.56 Å². The van der Waals surface area contributed by atoms with Crippen LogP contribution in [0.15, 0.2) is 72.8 Å². The highest BCUT2D eigenvalue weighted by molar-refractivity contribution is 5.76. The normalized spacial score (nSPS) is 10.8. The van der Waals surface area contributed by atoms with Crippen LogP contribution in [0.25, 0.3) is 16.7 Å². The number of para-hydroxylation sites is 1. The molecule has 6 nitrogen and oxygen atoms in total. The molecule has 26 heavy (non-hydrogen) atoms. The summed E-state index contributed by atoms with van der Waals surface area (Å²) in [4.78, 5) is 13.5. The third kappa shape index (κ3) is 3.25. The molecule has 0 fully saturated rings. The van der Waals surface area contributed by atoms with Crippen LogP contribution >= 0.6 is 0 Å². The third-order valence-corrected chi connectivity index (χ3v) is 3.87. The number of fused-ring (bicyclic) bond motifs is 1. The van der Waals surface area contributed by atoms with E-state index in [1.54, 1.807) is 36.4 Å². The number of ether oxygens (including phenoxy) is 1. The molecule has 128 valence electrons. The van der Waals surface area contributed by atoms with Crippen LogP contribution in [0.5, 0.6) is 11.5 Å². The van der Waals surface area contributed by atoms with Crippen molar-refractivity contribution in [1.29, 1.82) is 0 Å². The lowest BCUT2D eigenvalue weighted by molar-refractivity contribution is -0.133. The van der Waals surface area contributed by atoms with E-state index in [-0.39, 0.29) is 18.1 Å². The predicted octanol–water partition coefficient (Wildman–Crippen LogP) is 3.27. The average molecular weight is 345 g/mol. The topological polar surface area (TPSA) is 77.2 Å². The number of carbonyl (C=O) groups excluding carboxylic acids is 1. The molecule has 0 aliphatic rings. The first-order chi connectivity index (χ1) is 12.7. The molecule has 0 bridgehead atoms. The first-order valence-electron chi connectivity index (χ1n) is 8.09. The summed E-state index contributed by atoms with van der Waals surface area (Å²) in [6.07, 6.45) is 0.0724. The van der Waals surface area contributed by atoms with E-state index in [9.17, 15) is 9.90 Å². The highest BCUT2D eigenvalue weighted by atomic mass is 16.5. The Morgan fingerprint density at radius 2 is 1.58 bits per heavy atom. The van der Waals surface area contributed by atoms with Crippen LogP contribution < -0.4 is 4.74 Å². The van der Waals surface area contributed by atoms with Gasteiger partial charge in [0.05, 0.1) is 6.42 Å². The maximum absolute atomic E-state index is 12.1. The van der Waals surface area contributed by atoms with Gasteiger partial charge >= 0.3 is 5.97 Å². The number of phenols is 1. The molecule has 0 saturated carbocycles.